The summed E-state index contributed by atoms with van der Waals surface area (Å²) >= 11 is 0. The highest BCUT2D eigenvalue weighted by Gasteiger charge is 2.11. The highest BCUT2D eigenvalue weighted by molar-refractivity contribution is 5.07. The molecule has 1 aliphatic rings. The summed E-state index contributed by atoms with van der Waals surface area (Å²) < 4.78 is 5.67. The zero-order valence-electron chi connectivity index (χ0n) is 8.98. The Morgan fingerprint density at radius 2 is 2.20 bits per heavy atom. The molecule has 0 aliphatic carbocycles. The van der Waals surface area contributed by atoms with E-state index in [1.54, 1.807) is 12.4 Å². The van der Waals surface area contributed by atoms with Crippen molar-refractivity contribution in [2.24, 2.45) is 0 Å². The van der Waals surface area contributed by atoms with E-state index in [4.69, 9.17) is 4.74 Å². The average molecular weight is 206 g/mol. The predicted molar refractivity (Wildman–Crippen MR) is 59.5 cm³/mol. The molecule has 0 bridgehead atoms. The summed E-state index contributed by atoms with van der Waals surface area (Å²) in [4.78, 5) is 3.98. The lowest BCUT2D eigenvalue weighted by Crippen LogP contribution is -2.37. The topological polar surface area (TPSA) is 34.1 Å². The number of piperidine rings is 1. The van der Waals surface area contributed by atoms with Crippen LogP contribution in [0.5, 0.6) is 0 Å². The van der Waals surface area contributed by atoms with Gasteiger partial charge in [-0.25, -0.2) is 0 Å². The highest BCUT2D eigenvalue weighted by atomic mass is 16.5. The number of nitrogens with one attached hydrogen (secondary N) is 1. The molecule has 1 N–H and O–H groups in total. The molecule has 0 aromatic carbocycles. The number of aromatic nitrogens is 1. The maximum absolute atomic E-state index is 5.67. The van der Waals surface area contributed by atoms with Crippen molar-refractivity contribution in [3.8, 4) is 0 Å². The zero-order chi connectivity index (χ0) is 10.3. The third-order valence-corrected chi connectivity index (χ3v) is 2.75. The molecular weight excluding hydrogens is 188 g/mol. The SMILES string of the molecule is c1cc(COC[C@H]2CCCCN2)ccn1. The third-order valence-electron chi connectivity index (χ3n) is 2.75. The molecule has 0 saturated carbocycles. The molecule has 1 aliphatic heterocycles. The number of hydrogen-bond acceptors (Lipinski definition) is 3. The van der Waals surface area contributed by atoms with Gasteiger partial charge in [0.15, 0.2) is 0 Å². The van der Waals surface area contributed by atoms with Crippen molar-refractivity contribution in [2.45, 2.75) is 31.9 Å². The van der Waals surface area contributed by atoms with Gasteiger partial charge in [0, 0.05) is 18.4 Å². The Morgan fingerprint density at radius 3 is 2.93 bits per heavy atom. The Kier molecular flexibility index (Phi) is 4.11. The van der Waals surface area contributed by atoms with Crippen molar-refractivity contribution in [3.63, 3.8) is 0 Å². The molecule has 0 unspecified atom stereocenters. The predicted octanol–water partition coefficient (Wildman–Crippen LogP) is 1.74. The van der Waals surface area contributed by atoms with Crippen LogP contribution in [0.1, 0.15) is 24.8 Å². The molecule has 1 aromatic rings. The molecule has 0 spiro atoms. The van der Waals surface area contributed by atoms with Gasteiger partial charge < -0.3 is 10.1 Å². The Labute approximate surface area is 90.9 Å². The van der Waals surface area contributed by atoms with E-state index < -0.39 is 0 Å². The minimum Gasteiger partial charge on any atom is -0.375 e. The van der Waals surface area contributed by atoms with Crippen LogP contribution in [0.2, 0.25) is 0 Å². The van der Waals surface area contributed by atoms with E-state index in [0.717, 1.165) is 13.2 Å². The number of pyridine rings is 1. The first-order chi connectivity index (χ1) is 7.45. The zero-order valence-corrected chi connectivity index (χ0v) is 8.98. The minimum atomic E-state index is 0.556. The van der Waals surface area contributed by atoms with Crippen LogP contribution >= 0.6 is 0 Å². The molecule has 1 atom stereocenters. The van der Waals surface area contributed by atoms with Crippen LogP contribution in [-0.4, -0.2) is 24.2 Å². The first-order valence-corrected chi connectivity index (χ1v) is 5.65. The Hall–Kier alpha value is -0.930. The summed E-state index contributed by atoms with van der Waals surface area (Å²) in [6.45, 7) is 2.66. The Morgan fingerprint density at radius 1 is 1.33 bits per heavy atom. The van der Waals surface area contributed by atoms with E-state index >= 15 is 0 Å². The molecule has 15 heavy (non-hydrogen) atoms. The van der Waals surface area contributed by atoms with Crippen molar-refractivity contribution in [1.29, 1.82) is 0 Å². The number of rotatable bonds is 4. The molecular formula is C12H18N2O. The summed E-state index contributed by atoms with van der Waals surface area (Å²) in [6.07, 6.45) is 7.49. The van der Waals surface area contributed by atoms with E-state index in [1.807, 2.05) is 12.1 Å². The lowest BCUT2D eigenvalue weighted by atomic mass is 10.1. The van der Waals surface area contributed by atoms with E-state index in [-0.39, 0.29) is 0 Å². The van der Waals surface area contributed by atoms with Gasteiger partial charge in [-0.3, -0.25) is 4.98 Å². The minimum absolute atomic E-state index is 0.556. The average Bonchev–Trinajstić information content (AvgIpc) is 2.32. The van der Waals surface area contributed by atoms with Gasteiger partial charge in [0.25, 0.3) is 0 Å². The smallest absolute Gasteiger partial charge is 0.0718 e. The molecule has 0 radical (unpaired) electrons. The van der Waals surface area contributed by atoms with E-state index in [0.29, 0.717) is 12.6 Å². The third kappa shape index (κ3) is 3.61. The normalized spacial score (nSPS) is 21.5. The molecule has 1 saturated heterocycles. The van der Waals surface area contributed by atoms with Crippen LogP contribution in [0.15, 0.2) is 24.5 Å². The lowest BCUT2D eigenvalue weighted by Gasteiger charge is -2.23. The fraction of sp³-hybridized carbons (Fsp3) is 0.583. The van der Waals surface area contributed by atoms with Crippen LogP contribution in [0, 0.1) is 0 Å². The van der Waals surface area contributed by atoms with Crippen molar-refractivity contribution in [3.05, 3.63) is 30.1 Å². The maximum Gasteiger partial charge on any atom is 0.0718 e. The lowest BCUT2D eigenvalue weighted by molar-refractivity contribution is 0.0911. The molecule has 82 valence electrons. The van der Waals surface area contributed by atoms with Gasteiger partial charge in [-0.15, -0.1) is 0 Å². The van der Waals surface area contributed by atoms with Crippen LogP contribution in [0.3, 0.4) is 0 Å². The molecule has 2 heterocycles. The number of ether oxygens (including phenoxy) is 1. The van der Waals surface area contributed by atoms with Gasteiger partial charge >= 0.3 is 0 Å². The van der Waals surface area contributed by atoms with Gasteiger partial charge in [-0.05, 0) is 37.1 Å². The quantitative estimate of drug-likeness (QED) is 0.814. The van der Waals surface area contributed by atoms with E-state index in [1.165, 1.54) is 24.8 Å². The van der Waals surface area contributed by atoms with Crippen LogP contribution in [0.25, 0.3) is 0 Å². The van der Waals surface area contributed by atoms with Gasteiger partial charge in [-0.2, -0.15) is 0 Å². The van der Waals surface area contributed by atoms with Crippen LogP contribution in [-0.2, 0) is 11.3 Å². The second kappa shape index (κ2) is 5.83. The molecule has 3 heteroatoms. The van der Waals surface area contributed by atoms with E-state index in [9.17, 15) is 0 Å². The van der Waals surface area contributed by atoms with Gasteiger partial charge in [0.05, 0.1) is 13.2 Å². The molecule has 1 fully saturated rings. The summed E-state index contributed by atoms with van der Waals surface area (Å²) in [6, 6.07) is 4.54. The standard InChI is InChI=1S/C12H18N2O/c1-2-6-14-12(3-1)10-15-9-11-4-7-13-8-5-11/h4-5,7-8,12,14H,1-3,6,9-10H2/t12-/m1/s1. The monoisotopic (exact) mass is 206 g/mol. The van der Waals surface area contributed by atoms with Crippen molar-refractivity contribution < 1.29 is 4.74 Å². The fourth-order valence-electron chi connectivity index (χ4n) is 1.86. The van der Waals surface area contributed by atoms with Gasteiger partial charge in [0.1, 0.15) is 0 Å². The summed E-state index contributed by atoms with van der Waals surface area (Å²) in [5.74, 6) is 0. The highest BCUT2D eigenvalue weighted by Crippen LogP contribution is 2.08. The Bertz CT molecular complexity index is 270. The molecule has 3 nitrogen and oxygen atoms in total. The van der Waals surface area contributed by atoms with Crippen LogP contribution in [0.4, 0.5) is 0 Å². The molecule has 0 amide bonds. The number of nitrogens with zero attached hydrogens (tertiary/aromatic N) is 1. The van der Waals surface area contributed by atoms with E-state index in [2.05, 4.69) is 10.3 Å². The molecule has 1 aromatic heterocycles. The Balaban J connectivity index is 1.66. The van der Waals surface area contributed by atoms with Gasteiger partial charge in [-0.1, -0.05) is 6.42 Å². The first kappa shape index (κ1) is 10.6. The fourth-order valence-corrected chi connectivity index (χ4v) is 1.86. The largest absolute Gasteiger partial charge is 0.375 e. The van der Waals surface area contributed by atoms with Crippen molar-refractivity contribution >= 4 is 0 Å². The number of hydrogen-bond donors (Lipinski definition) is 1. The van der Waals surface area contributed by atoms with Gasteiger partial charge in [0.2, 0.25) is 0 Å². The van der Waals surface area contributed by atoms with Crippen molar-refractivity contribution in [2.75, 3.05) is 13.2 Å². The summed E-state index contributed by atoms with van der Waals surface area (Å²) in [7, 11) is 0. The summed E-state index contributed by atoms with van der Waals surface area (Å²) in [5, 5.41) is 3.47. The molecule has 2 rings (SSSR count). The summed E-state index contributed by atoms with van der Waals surface area (Å²) in [5.41, 5.74) is 1.20. The first-order valence-electron chi connectivity index (χ1n) is 5.65. The van der Waals surface area contributed by atoms with Crippen LogP contribution < -0.4 is 5.32 Å². The van der Waals surface area contributed by atoms with Crippen molar-refractivity contribution in [1.82, 2.24) is 10.3 Å². The second-order valence-electron chi connectivity index (χ2n) is 4.02. The second-order valence-corrected chi connectivity index (χ2v) is 4.02. The maximum atomic E-state index is 5.67.